The van der Waals surface area contributed by atoms with Gasteiger partial charge in [-0.2, -0.15) is 0 Å². The lowest BCUT2D eigenvalue weighted by molar-refractivity contribution is 0.348. The van der Waals surface area contributed by atoms with Gasteiger partial charge in [0.2, 0.25) is 0 Å². The fraction of sp³-hybridized carbons (Fsp3) is 0.538. The molecule has 2 heteroatoms. The van der Waals surface area contributed by atoms with Gasteiger partial charge in [0, 0.05) is 11.6 Å². The summed E-state index contributed by atoms with van der Waals surface area (Å²) in [6.45, 7) is 8.48. The lowest BCUT2D eigenvalue weighted by Gasteiger charge is -2.31. The highest BCUT2D eigenvalue weighted by molar-refractivity contribution is 5.32. The van der Waals surface area contributed by atoms with Crippen molar-refractivity contribution < 1.29 is 0 Å². The van der Waals surface area contributed by atoms with E-state index in [1.165, 1.54) is 16.7 Å². The summed E-state index contributed by atoms with van der Waals surface area (Å²) in [5.41, 5.74) is 9.96. The van der Waals surface area contributed by atoms with Crippen LogP contribution in [0.1, 0.15) is 36.6 Å². The van der Waals surface area contributed by atoms with E-state index in [0.29, 0.717) is 0 Å². The summed E-state index contributed by atoms with van der Waals surface area (Å²) in [4.78, 5) is 0. The largest absolute Gasteiger partial charge is 0.322 e. The average Bonchev–Trinajstić information content (AvgIpc) is 2.21. The molecule has 0 bridgehead atoms. The molecule has 3 N–H and O–H groups in total. The third kappa shape index (κ3) is 2.58. The maximum absolute atomic E-state index is 6.24. The summed E-state index contributed by atoms with van der Waals surface area (Å²) < 4.78 is 0. The molecule has 0 saturated heterocycles. The van der Waals surface area contributed by atoms with Gasteiger partial charge in [-0.3, -0.25) is 0 Å². The van der Waals surface area contributed by atoms with Crippen molar-refractivity contribution in [2.45, 2.75) is 39.3 Å². The Hall–Kier alpha value is -0.860. The van der Waals surface area contributed by atoms with Crippen molar-refractivity contribution in [3.05, 3.63) is 34.9 Å². The number of nitrogens with one attached hydrogen (secondary N) is 1. The number of nitrogens with two attached hydrogens (primary N) is 1. The van der Waals surface area contributed by atoms with Gasteiger partial charge in [-0.1, -0.05) is 18.2 Å². The van der Waals surface area contributed by atoms with E-state index in [4.69, 9.17) is 5.73 Å². The Bertz CT molecular complexity index is 342. The monoisotopic (exact) mass is 206 g/mol. The topological polar surface area (TPSA) is 38.0 Å². The first kappa shape index (κ1) is 12.2. The van der Waals surface area contributed by atoms with Crippen LogP contribution >= 0.6 is 0 Å². The molecule has 0 aliphatic carbocycles. The third-order valence-corrected chi connectivity index (χ3v) is 3.31. The standard InChI is InChI=1S/C13H22N2/c1-9-6-7-11(8-10(9)2)12(14)13(3,4)15-5/h6-8,12,15H,14H2,1-5H3. The van der Waals surface area contributed by atoms with E-state index in [0.717, 1.165) is 0 Å². The summed E-state index contributed by atoms with van der Waals surface area (Å²) in [7, 11) is 1.95. The Kier molecular flexibility index (Phi) is 3.53. The van der Waals surface area contributed by atoms with Gasteiger partial charge >= 0.3 is 0 Å². The molecular weight excluding hydrogens is 184 g/mol. The van der Waals surface area contributed by atoms with E-state index in [1.807, 2.05) is 7.05 Å². The van der Waals surface area contributed by atoms with Crippen molar-refractivity contribution >= 4 is 0 Å². The zero-order valence-corrected chi connectivity index (χ0v) is 10.4. The lowest BCUT2D eigenvalue weighted by atomic mass is 9.88. The second-order valence-corrected chi connectivity index (χ2v) is 4.79. The maximum Gasteiger partial charge on any atom is 0.0474 e. The molecule has 1 unspecified atom stereocenters. The predicted octanol–water partition coefficient (Wildman–Crippen LogP) is 2.30. The van der Waals surface area contributed by atoms with Gasteiger partial charge < -0.3 is 11.1 Å². The summed E-state index contributed by atoms with van der Waals surface area (Å²) in [6.07, 6.45) is 0. The number of rotatable bonds is 3. The van der Waals surface area contributed by atoms with Gasteiger partial charge in [0.1, 0.15) is 0 Å². The molecule has 0 aliphatic rings. The first-order chi connectivity index (χ1) is 6.88. The van der Waals surface area contributed by atoms with Crippen molar-refractivity contribution in [3.8, 4) is 0 Å². The van der Waals surface area contributed by atoms with Crippen molar-refractivity contribution in [2.24, 2.45) is 5.73 Å². The molecule has 0 aromatic heterocycles. The second-order valence-electron chi connectivity index (χ2n) is 4.79. The van der Waals surface area contributed by atoms with Gasteiger partial charge in [-0.05, 0) is 51.4 Å². The average molecular weight is 206 g/mol. The van der Waals surface area contributed by atoms with Crippen molar-refractivity contribution in [2.75, 3.05) is 7.05 Å². The molecule has 0 radical (unpaired) electrons. The van der Waals surface area contributed by atoms with Crippen LogP contribution in [0.3, 0.4) is 0 Å². The fourth-order valence-electron chi connectivity index (χ4n) is 1.53. The molecule has 0 spiro atoms. The lowest BCUT2D eigenvalue weighted by Crippen LogP contribution is -2.46. The molecule has 0 amide bonds. The van der Waals surface area contributed by atoms with Crippen LogP contribution in [0.4, 0.5) is 0 Å². The zero-order chi connectivity index (χ0) is 11.6. The van der Waals surface area contributed by atoms with Crippen LogP contribution in [-0.4, -0.2) is 12.6 Å². The summed E-state index contributed by atoms with van der Waals surface area (Å²) in [5, 5.41) is 3.25. The highest BCUT2D eigenvalue weighted by Gasteiger charge is 2.25. The van der Waals surface area contributed by atoms with E-state index >= 15 is 0 Å². The molecule has 15 heavy (non-hydrogen) atoms. The maximum atomic E-state index is 6.24. The third-order valence-electron chi connectivity index (χ3n) is 3.31. The fourth-order valence-corrected chi connectivity index (χ4v) is 1.53. The van der Waals surface area contributed by atoms with E-state index < -0.39 is 0 Å². The smallest absolute Gasteiger partial charge is 0.0474 e. The van der Waals surface area contributed by atoms with Gasteiger partial charge in [-0.25, -0.2) is 0 Å². The quantitative estimate of drug-likeness (QED) is 0.796. The van der Waals surface area contributed by atoms with Crippen LogP contribution < -0.4 is 11.1 Å². The van der Waals surface area contributed by atoms with Gasteiger partial charge in [0.25, 0.3) is 0 Å². The Labute approximate surface area is 92.9 Å². The molecule has 1 aromatic rings. The predicted molar refractivity (Wildman–Crippen MR) is 66.0 cm³/mol. The second kappa shape index (κ2) is 4.33. The van der Waals surface area contributed by atoms with E-state index in [2.05, 4.69) is 51.2 Å². The van der Waals surface area contributed by atoms with Crippen LogP contribution in [0.2, 0.25) is 0 Å². The van der Waals surface area contributed by atoms with Crippen LogP contribution in [0.15, 0.2) is 18.2 Å². The summed E-state index contributed by atoms with van der Waals surface area (Å²) in [6, 6.07) is 6.45. The van der Waals surface area contributed by atoms with Crippen LogP contribution in [0.5, 0.6) is 0 Å². The Morgan fingerprint density at radius 1 is 1.20 bits per heavy atom. The van der Waals surface area contributed by atoms with Crippen LogP contribution in [-0.2, 0) is 0 Å². The number of hydrogen-bond acceptors (Lipinski definition) is 2. The van der Waals surface area contributed by atoms with E-state index in [-0.39, 0.29) is 11.6 Å². The van der Waals surface area contributed by atoms with Gasteiger partial charge in [-0.15, -0.1) is 0 Å². The molecular formula is C13H22N2. The van der Waals surface area contributed by atoms with Crippen LogP contribution in [0, 0.1) is 13.8 Å². The molecule has 0 aliphatic heterocycles. The van der Waals surface area contributed by atoms with Gasteiger partial charge in [0.05, 0.1) is 0 Å². The van der Waals surface area contributed by atoms with E-state index in [1.54, 1.807) is 0 Å². The van der Waals surface area contributed by atoms with Crippen molar-refractivity contribution in [1.82, 2.24) is 5.32 Å². The molecule has 0 fully saturated rings. The normalized spacial score (nSPS) is 14.0. The Balaban J connectivity index is 3.02. The minimum Gasteiger partial charge on any atom is -0.322 e. The molecule has 0 saturated carbocycles. The zero-order valence-electron chi connectivity index (χ0n) is 10.4. The van der Waals surface area contributed by atoms with Crippen molar-refractivity contribution in [1.29, 1.82) is 0 Å². The Morgan fingerprint density at radius 2 is 1.80 bits per heavy atom. The molecule has 1 atom stereocenters. The summed E-state index contributed by atoms with van der Waals surface area (Å²) >= 11 is 0. The number of aryl methyl sites for hydroxylation is 2. The summed E-state index contributed by atoms with van der Waals surface area (Å²) in [5.74, 6) is 0. The molecule has 84 valence electrons. The number of likely N-dealkylation sites (N-methyl/N-ethyl adjacent to an activating group) is 1. The minimum atomic E-state index is -0.0816. The highest BCUT2D eigenvalue weighted by atomic mass is 15.0. The minimum absolute atomic E-state index is 0.0156. The first-order valence-electron chi connectivity index (χ1n) is 5.40. The SMILES string of the molecule is CNC(C)(C)C(N)c1ccc(C)c(C)c1. The number of benzene rings is 1. The van der Waals surface area contributed by atoms with Crippen LogP contribution in [0.25, 0.3) is 0 Å². The molecule has 0 heterocycles. The van der Waals surface area contributed by atoms with Gasteiger partial charge in [0.15, 0.2) is 0 Å². The highest BCUT2D eigenvalue weighted by Crippen LogP contribution is 2.24. The molecule has 1 rings (SSSR count). The molecule has 2 nitrogen and oxygen atoms in total. The molecule has 1 aromatic carbocycles. The van der Waals surface area contributed by atoms with Crippen molar-refractivity contribution in [3.63, 3.8) is 0 Å². The first-order valence-corrected chi connectivity index (χ1v) is 5.40. The number of hydrogen-bond donors (Lipinski definition) is 2. The Morgan fingerprint density at radius 3 is 2.27 bits per heavy atom. The van der Waals surface area contributed by atoms with E-state index in [9.17, 15) is 0 Å².